The number of fused-ring (bicyclic) bond motifs is 2. The van der Waals surface area contributed by atoms with Crippen molar-refractivity contribution in [3.05, 3.63) is 17.5 Å². The number of piperidine rings is 2. The molecule has 0 aromatic carbocycles. The summed E-state index contributed by atoms with van der Waals surface area (Å²) < 4.78 is 73.2. The molecule has 3 aliphatic heterocycles. The minimum absolute atomic E-state index is 0.0276. The number of hydrogen-bond donors (Lipinski definition) is 1. The van der Waals surface area contributed by atoms with Gasteiger partial charge in [0.25, 0.3) is 5.91 Å². The van der Waals surface area contributed by atoms with Crippen molar-refractivity contribution in [2.24, 2.45) is 11.8 Å². The topological polar surface area (TPSA) is 95.8 Å². The van der Waals surface area contributed by atoms with Gasteiger partial charge in [0.05, 0.1) is 11.7 Å². The molecular weight excluding hydrogens is 509 g/mol. The summed E-state index contributed by atoms with van der Waals surface area (Å²) in [5, 5.41) is 6.77. The second-order valence-electron chi connectivity index (χ2n) is 12.0. The average molecular weight is 545 g/mol. The van der Waals surface area contributed by atoms with Crippen molar-refractivity contribution >= 4 is 15.9 Å². The zero-order valence-electron chi connectivity index (χ0n) is 20.8. The van der Waals surface area contributed by atoms with Crippen LogP contribution in [0.2, 0.25) is 0 Å². The Morgan fingerprint density at radius 2 is 1.73 bits per heavy atom. The lowest BCUT2D eigenvalue weighted by Crippen LogP contribution is -2.53. The van der Waals surface area contributed by atoms with Crippen LogP contribution in [0, 0.1) is 11.8 Å². The minimum atomic E-state index is -3.44. The second kappa shape index (κ2) is 9.51. The zero-order chi connectivity index (χ0) is 25.9. The SMILES string of the molecule is O=C(NC1CC2CCC(C1)N2S(=O)(=O)CC1CCN(CC2CC(F)(F)C2)CC1)c1cc([C@@H]2C[C@H]2F)on1. The summed E-state index contributed by atoms with van der Waals surface area (Å²) in [5.41, 5.74) is 0.133. The summed E-state index contributed by atoms with van der Waals surface area (Å²) in [6.45, 7) is 2.21. The fourth-order valence-electron chi connectivity index (χ4n) is 6.99. The highest BCUT2D eigenvalue weighted by molar-refractivity contribution is 7.89. The predicted molar refractivity (Wildman–Crippen MR) is 129 cm³/mol. The number of amides is 1. The molecule has 12 heteroatoms. The molecule has 2 bridgehead atoms. The minimum Gasteiger partial charge on any atom is -0.360 e. The van der Waals surface area contributed by atoms with Gasteiger partial charge in [0.1, 0.15) is 11.9 Å². The standard InChI is InChI=1S/C25H35F3N4O4S/c26-21-9-20(21)23-10-22(30-36-23)24(33)29-17-7-18-1-2-19(8-17)32(18)37(34,35)14-15-3-5-31(6-4-15)13-16-11-25(27,28)12-16/h10,15-21H,1-9,11-14H2,(H,29,33)/t17?,18?,19?,20-,21-/m1/s1. The van der Waals surface area contributed by atoms with Crippen LogP contribution in [0.1, 0.15) is 80.0 Å². The van der Waals surface area contributed by atoms with Gasteiger partial charge in [0.15, 0.2) is 5.69 Å². The summed E-state index contributed by atoms with van der Waals surface area (Å²) in [4.78, 5) is 14.9. The van der Waals surface area contributed by atoms with E-state index in [1.54, 1.807) is 4.31 Å². The molecule has 1 aromatic rings. The molecular formula is C25H35F3N4O4S. The highest BCUT2D eigenvalue weighted by Gasteiger charge is 2.48. The molecule has 4 atom stereocenters. The van der Waals surface area contributed by atoms with Crippen LogP contribution in [-0.4, -0.2) is 84.3 Å². The average Bonchev–Trinajstić information content (AvgIpc) is 3.22. The van der Waals surface area contributed by atoms with Crippen LogP contribution >= 0.6 is 0 Å². The monoisotopic (exact) mass is 544 g/mol. The molecule has 206 valence electrons. The van der Waals surface area contributed by atoms with E-state index in [2.05, 4.69) is 15.4 Å². The first kappa shape index (κ1) is 25.6. The Morgan fingerprint density at radius 3 is 2.32 bits per heavy atom. The van der Waals surface area contributed by atoms with Gasteiger partial charge < -0.3 is 14.7 Å². The van der Waals surface area contributed by atoms with Crippen molar-refractivity contribution in [2.45, 2.75) is 93.9 Å². The Labute approximate surface area is 215 Å². The van der Waals surface area contributed by atoms with Gasteiger partial charge in [-0.25, -0.2) is 21.6 Å². The van der Waals surface area contributed by atoms with Crippen molar-refractivity contribution < 1.29 is 30.9 Å². The molecule has 5 fully saturated rings. The lowest BCUT2D eigenvalue weighted by atomic mass is 9.80. The fourth-order valence-corrected chi connectivity index (χ4v) is 9.39. The summed E-state index contributed by atoms with van der Waals surface area (Å²) in [5.74, 6) is -2.51. The Kier molecular flexibility index (Phi) is 6.59. The smallest absolute Gasteiger partial charge is 0.273 e. The van der Waals surface area contributed by atoms with Crippen LogP contribution in [0.4, 0.5) is 13.2 Å². The Hall–Kier alpha value is -1.66. The van der Waals surface area contributed by atoms with Crippen molar-refractivity contribution in [3.8, 4) is 0 Å². The molecule has 1 N–H and O–H groups in total. The first-order valence-electron chi connectivity index (χ1n) is 13.6. The van der Waals surface area contributed by atoms with Crippen molar-refractivity contribution in [1.29, 1.82) is 0 Å². The third kappa shape index (κ3) is 5.43. The van der Waals surface area contributed by atoms with Crippen LogP contribution in [0.3, 0.4) is 0 Å². The van der Waals surface area contributed by atoms with Gasteiger partial charge in [-0.15, -0.1) is 0 Å². The highest BCUT2D eigenvalue weighted by atomic mass is 32.2. The van der Waals surface area contributed by atoms with Gasteiger partial charge in [-0.1, -0.05) is 5.16 Å². The Morgan fingerprint density at radius 1 is 1.08 bits per heavy atom. The maximum absolute atomic E-state index is 13.4. The largest absolute Gasteiger partial charge is 0.360 e. The van der Waals surface area contributed by atoms with Crippen molar-refractivity contribution in [1.82, 2.24) is 19.7 Å². The molecule has 4 heterocycles. The van der Waals surface area contributed by atoms with Crippen molar-refractivity contribution in [3.63, 3.8) is 0 Å². The van der Waals surface area contributed by atoms with Crippen LogP contribution in [-0.2, 0) is 10.0 Å². The van der Waals surface area contributed by atoms with Crippen molar-refractivity contribution in [2.75, 3.05) is 25.4 Å². The molecule has 1 aromatic heterocycles. The second-order valence-corrected chi connectivity index (χ2v) is 13.9. The number of halogens is 3. The van der Waals surface area contributed by atoms with Gasteiger partial charge >= 0.3 is 0 Å². The van der Waals surface area contributed by atoms with Crippen LogP contribution in [0.5, 0.6) is 0 Å². The number of nitrogens with zero attached hydrogens (tertiary/aromatic N) is 3. The van der Waals surface area contributed by atoms with E-state index >= 15 is 0 Å². The molecule has 2 unspecified atom stereocenters. The van der Waals surface area contributed by atoms with Gasteiger partial charge in [-0.05, 0) is 69.9 Å². The van der Waals surface area contributed by atoms with E-state index in [-0.39, 0.29) is 66.1 Å². The Balaban J connectivity index is 0.986. The molecule has 6 rings (SSSR count). The van der Waals surface area contributed by atoms with Gasteiger partial charge in [0.2, 0.25) is 15.9 Å². The highest BCUT2D eigenvalue weighted by Crippen LogP contribution is 2.44. The first-order valence-corrected chi connectivity index (χ1v) is 15.2. The van der Waals surface area contributed by atoms with Crippen LogP contribution in [0.15, 0.2) is 10.6 Å². The summed E-state index contributed by atoms with van der Waals surface area (Å²) >= 11 is 0. The lowest BCUT2D eigenvalue weighted by Gasteiger charge is -2.41. The van der Waals surface area contributed by atoms with Gasteiger partial charge in [-0.3, -0.25) is 4.79 Å². The van der Waals surface area contributed by atoms with Crippen LogP contribution < -0.4 is 5.32 Å². The lowest BCUT2D eigenvalue weighted by molar-refractivity contribution is -0.117. The maximum Gasteiger partial charge on any atom is 0.273 e. The quantitative estimate of drug-likeness (QED) is 0.540. The van der Waals surface area contributed by atoms with E-state index in [9.17, 15) is 26.4 Å². The number of carbonyl (C=O) groups is 1. The van der Waals surface area contributed by atoms with E-state index < -0.39 is 22.1 Å². The van der Waals surface area contributed by atoms with Gasteiger partial charge in [-0.2, -0.15) is 4.31 Å². The van der Waals surface area contributed by atoms with E-state index in [0.717, 1.165) is 38.8 Å². The number of sulfonamides is 1. The van der Waals surface area contributed by atoms with E-state index in [1.807, 2.05) is 0 Å². The number of aromatic nitrogens is 1. The number of alkyl halides is 3. The number of hydrogen-bond acceptors (Lipinski definition) is 6. The zero-order valence-corrected chi connectivity index (χ0v) is 21.6. The van der Waals surface area contributed by atoms with Crippen LogP contribution in [0.25, 0.3) is 0 Å². The molecule has 0 spiro atoms. The van der Waals surface area contributed by atoms with Gasteiger partial charge in [0, 0.05) is 43.6 Å². The molecule has 37 heavy (non-hydrogen) atoms. The third-order valence-corrected chi connectivity index (χ3v) is 11.1. The molecule has 1 amide bonds. The maximum atomic E-state index is 13.4. The van der Waals surface area contributed by atoms with E-state index in [4.69, 9.17) is 4.52 Å². The molecule has 2 aliphatic carbocycles. The summed E-state index contributed by atoms with van der Waals surface area (Å²) in [6, 6.07) is 1.11. The predicted octanol–water partition coefficient (Wildman–Crippen LogP) is 3.31. The molecule has 8 nitrogen and oxygen atoms in total. The summed E-state index contributed by atoms with van der Waals surface area (Å²) in [6.07, 6.45) is 3.65. The molecule has 3 saturated heterocycles. The number of carbonyl (C=O) groups excluding carboxylic acids is 1. The fraction of sp³-hybridized carbons (Fsp3) is 0.840. The first-order chi connectivity index (χ1) is 17.6. The Bertz CT molecular complexity index is 1100. The number of rotatable bonds is 8. The number of nitrogens with one attached hydrogen (secondary N) is 1. The summed E-state index contributed by atoms with van der Waals surface area (Å²) in [7, 11) is -3.44. The molecule has 2 saturated carbocycles. The third-order valence-electron chi connectivity index (χ3n) is 9.01. The molecule has 0 radical (unpaired) electrons. The molecule has 5 aliphatic rings. The normalized spacial score (nSPS) is 34.8. The van der Waals surface area contributed by atoms with E-state index in [0.29, 0.717) is 31.6 Å². The van der Waals surface area contributed by atoms with E-state index in [1.165, 1.54) is 6.07 Å². The number of likely N-dealkylation sites (tertiary alicyclic amines) is 1.